The SMILES string of the molecule is C[C@H]1CCCN(C(=O)c2ccnc(F)c2)[C@H]1CN. The van der Waals surface area contributed by atoms with Crippen LogP contribution in [0.4, 0.5) is 4.39 Å². The number of likely N-dealkylation sites (tertiary alicyclic amines) is 1. The summed E-state index contributed by atoms with van der Waals surface area (Å²) in [6.45, 7) is 3.24. The Labute approximate surface area is 106 Å². The van der Waals surface area contributed by atoms with Crippen LogP contribution < -0.4 is 5.73 Å². The second kappa shape index (κ2) is 5.44. The molecule has 0 aromatic carbocycles. The summed E-state index contributed by atoms with van der Waals surface area (Å²) in [5.41, 5.74) is 6.09. The highest BCUT2D eigenvalue weighted by Crippen LogP contribution is 2.24. The molecule has 4 nitrogen and oxygen atoms in total. The molecule has 1 aromatic heterocycles. The molecule has 1 saturated heterocycles. The molecule has 98 valence electrons. The van der Waals surface area contributed by atoms with E-state index in [0.717, 1.165) is 12.8 Å². The number of hydrogen-bond donors (Lipinski definition) is 1. The van der Waals surface area contributed by atoms with Crippen LogP contribution in [0.15, 0.2) is 18.3 Å². The summed E-state index contributed by atoms with van der Waals surface area (Å²) < 4.78 is 13.0. The molecule has 5 heteroatoms. The van der Waals surface area contributed by atoms with Gasteiger partial charge in [-0.05, 0) is 24.8 Å². The number of carbonyl (C=O) groups excluding carboxylic acids is 1. The van der Waals surface area contributed by atoms with Gasteiger partial charge in [-0.25, -0.2) is 4.98 Å². The van der Waals surface area contributed by atoms with E-state index in [4.69, 9.17) is 5.73 Å². The Hall–Kier alpha value is -1.49. The van der Waals surface area contributed by atoms with Gasteiger partial charge in [0.1, 0.15) is 0 Å². The van der Waals surface area contributed by atoms with Crippen LogP contribution in [0.1, 0.15) is 30.1 Å². The fourth-order valence-corrected chi connectivity index (χ4v) is 2.56. The zero-order valence-electron chi connectivity index (χ0n) is 10.5. The van der Waals surface area contributed by atoms with Gasteiger partial charge in [0.15, 0.2) is 0 Å². The quantitative estimate of drug-likeness (QED) is 0.809. The third-order valence-corrected chi connectivity index (χ3v) is 3.59. The summed E-state index contributed by atoms with van der Waals surface area (Å²) in [5, 5.41) is 0. The van der Waals surface area contributed by atoms with Gasteiger partial charge in [0.25, 0.3) is 5.91 Å². The maximum absolute atomic E-state index is 13.0. The first-order chi connectivity index (χ1) is 8.63. The summed E-state index contributed by atoms with van der Waals surface area (Å²) in [6.07, 6.45) is 3.36. The first-order valence-corrected chi connectivity index (χ1v) is 6.26. The van der Waals surface area contributed by atoms with Crippen LogP contribution >= 0.6 is 0 Å². The van der Waals surface area contributed by atoms with Crippen LogP contribution in [0.2, 0.25) is 0 Å². The number of aromatic nitrogens is 1. The molecule has 1 aliphatic rings. The van der Waals surface area contributed by atoms with Crippen molar-refractivity contribution < 1.29 is 9.18 Å². The van der Waals surface area contributed by atoms with Gasteiger partial charge in [-0.1, -0.05) is 6.92 Å². The van der Waals surface area contributed by atoms with Crippen molar-refractivity contribution in [3.63, 3.8) is 0 Å². The number of pyridine rings is 1. The lowest BCUT2D eigenvalue weighted by Crippen LogP contribution is -2.51. The Morgan fingerprint density at radius 2 is 2.44 bits per heavy atom. The Morgan fingerprint density at radius 1 is 1.67 bits per heavy atom. The van der Waals surface area contributed by atoms with Gasteiger partial charge in [0.2, 0.25) is 5.95 Å². The van der Waals surface area contributed by atoms with E-state index in [1.165, 1.54) is 18.3 Å². The van der Waals surface area contributed by atoms with Gasteiger partial charge in [0.05, 0.1) is 0 Å². The number of halogens is 1. The van der Waals surface area contributed by atoms with Crippen molar-refractivity contribution in [2.75, 3.05) is 13.1 Å². The molecule has 0 spiro atoms. The maximum Gasteiger partial charge on any atom is 0.254 e. The molecule has 2 N–H and O–H groups in total. The molecular weight excluding hydrogens is 233 g/mol. The number of nitrogens with two attached hydrogens (primary N) is 1. The lowest BCUT2D eigenvalue weighted by atomic mass is 9.90. The van der Waals surface area contributed by atoms with Crippen molar-refractivity contribution in [3.05, 3.63) is 29.8 Å². The molecule has 0 radical (unpaired) electrons. The van der Waals surface area contributed by atoms with Crippen molar-refractivity contribution in [1.82, 2.24) is 9.88 Å². The number of piperidine rings is 1. The summed E-state index contributed by atoms with van der Waals surface area (Å²) in [5.74, 6) is -0.395. The average molecular weight is 251 g/mol. The van der Waals surface area contributed by atoms with Crippen LogP contribution in [0.25, 0.3) is 0 Å². The number of amides is 1. The van der Waals surface area contributed by atoms with Crippen molar-refractivity contribution in [1.29, 1.82) is 0 Å². The fraction of sp³-hybridized carbons (Fsp3) is 0.538. The van der Waals surface area contributed by atoms with E-state index < -0.39 is 5.95 Å². The third-order valence-electron chi connectivity index (χ3n) is 3.59. The Kier molecular flexibility index (Phi) is 3.91. The van der Waals surface area contributed by atoms with Gasteiger partial charge >= 0.3 is 0 Å². The number of nitrogens with zero attached hydrogens (tertiary/aromatic N) is 2. The molecule has 1 aromatic rings. The summed E-state index contributed by atoms with van der Waals surface area (Å²) in [6, 6.07) is 2.76. The summed E-state index contributed by atoms with van der Waals surface area (Å²) in [7, 11) is 0. The predicted octanol–water partition coefficient (Wildman–Crippen LogP) is 1.42. The van der Waals surface area contributed by atoms with Gasteiger partial charge in [-0.2, -0.15) is 4.39 Å². The number of rotatable bonds is 2. The molecule has 1 fully saturated rings. The minimum Gasteiger partial charge on any atom is -0.334 e. The van der Waals surface area contributed by atoms with Gasteiger partial charge < -0.3 is 10.6 Å². The van der Waals surface area contributed by atoms with Crippen molar-refractivity contribution in [2.24, 2.45) is 11.7 Å². The van der Waals surface area contributed by atoms with E-state index in [1.54, 1.807) is 4.90 Å². The highest BCUT2D eigenvalue weighted by Gasteiger charge is 2.31. The molecule has 18 heavy (non-hydrogen) atoms. The molecule has 2 atom stereocenters. The van der Waals surface area contributed by atoms with Crippen LogP contribution in [0, 0.1) is 11.9 Å². The second-order valence-corrected chi connectivity index (χ2v) is 4.79. The predicted molar refractivity (Wildman–Crippen MR) is 66.5 cm³/mol. The van der Waals surface area contributed by atoms with Gasteiger partial charge in [-0.3, -0.25) is 4.79 Å². The number of hydrogen-bond acceptors (Lipinski definition) is 3. The average Bonchev–Trinajstić information content (AvgIpc) is 2.37. The van der Waals surface area contributed by atoms with Crippen LogP contribution in [-0.4, -0.2) is 34.9 Å². The molecule has 0 saturated carbocycles. The maximum atomic E-state index is 13.0. The highest BCUT2D eigenvalue weighted by molar-refractivity contribution is 5.94. The molecule has 0 unspecified atom stereocenters. The van der Waals surface area contributed by atoms with Gasteiger partial charge in [-0.15, -0.1) is 0 Å². The van der Waals surface area contributed by atoms with E-state index in [1.807, 2.05) is 0 Å². The molecule has 1 aliphatic heterocycles. The monoisotopic (exact) mass is 251 g/mol. The van der Waals surface area contributed by atoms with E-state index in [2.05, 4.69) is 11.9 Å². The van der Waals surface area contributed by atoms with Crippen LogP contribution in [0.3, 0.4) is 0 Å². The highest BCUT2D eigenvalue weighted by atomic mass is 19.1. The molecule has 0 aliphatic carbocycles. The van der Waals surface area contributed by atoms with E-state index in [0.29, 0.717) is 24.6 Å². The summed E-state index contributed by atoms with van der Waals surface area (Å²) in [4.78, 5) is 17.6. The standard InChI is InChI=1S/C13H18FN3O/c1-9-3-2-6-17(11(9)8-15)13(18)10-4-5-16-12(14)7-10/h4-5,7,9,11H,2-3,6,8,15H2,1H3/t9-,11-/m0/s1. The van der Waals surface area contributed by atoms with Crippen LogP contribution in [0.5, 0.6) is 0 Å². The Bertz CT molecular complexity index is 438. The first kappa shape index (κ1) is 13.0. The first-order valence-electron chi connectivity index (χ1n) is 6.26. The molecule has 2 rings (SSSR count). The van der Waals surface area contributed by atoms with Crippen molar-refractivity contribution >= 4 is 5.91 Å². The molecule has 1 amide bonds. The zero-order valence-corrected chi connectivity index (χ0v) is 10.5. The molecular formula is C13H18FN3O. The smallest absolute Gasteiger partial charge is 0.254 e. The zero-order chi connectivity index (χ0) is 13.1. The molecule has 0 bridgehead atoms. The van der Waals surface area contributed by atoms with Gasteiger partial charge in [0, 0.05) is 37.0 Å². The summed E-state index contributed by atoms with van der Waals surface area (Å²) >= 11 is 0. The Morgan fingerprint density at radius 3 is 3.11 bits per heavy atom. The van der Waals surface area contributed by atoms with E-state index in [9.17, 15) is 9.18 Å². The van der Waals surface area contributed by atoms with E-state index >= 15 is 0 Å². The topological polar surface area (TPSA) is 59.2 Å². The third kappa shape index (κ3) is 2.51. The minimum atomic E-state index is -0.629. The normalized spacial score (nSPS) is 24.1. The second-order valence-electron chi connectivity index (χ2n) is 4.79. The minimum absolute atomic E-state index is 0.0440. The lowest BCUT2D eigenvalue weighted by Gasteiger charge is -2.39. The number of carbonyl (C=O) groups is 1. The lowest BCUT2D eigenvalue weighted by molar-refractivity contribution is 0.0532. The van der Waals surface area contributed by atoms with Crippen molar-refractivity contribution in [3.8, 4) is 0 Å². The fourth-order valence-electron chi connectivity index (χ4n) is 2.56. The van der Waals surface area contributed by atoms with E-state index in [-0.39, 0.29) is 11.9 Å². The Balaban J connectivity index is 2.21. The largest absolute Gasteiger partial charge is 0.334 e. The molecule has 2 heterocycles. The van der Waals surface area contributed by atoms with Crippen LogP contribution in [-0.2, 0) is 0 Å². The van der Waals surface area contributed by atoms with Crippen molar-refractivity contribution in [2.45, 2.75) is 25.8 Å².